The van der Waals surface area contributed by atoms with Crippen LogP contribution >= 0.6 is 0 Å². The first-order valence-electron chi connectivity index (χ1n) is 8.08. The summed E-state index contributed by atoms with van der Waals surface area (Å²) in [5.74, 6) is 0.433. The number of carbonyl (C=O) groups excluding carboxylic acids is 1. The van der Waals surface area contributed by atoms with E-state index in [-0.39, 0.29) is 12.0 Å². The van der Waals surface area contributed by atoms with Crippen molar-refractivity contribution < 1.29 is 15.0 Å². The molecule has 2 unspecified atom stereocenters. The Kier molecular flexibility index (Phi) is 8.78. The van der Waals surface area contributed by atoms with Gasteiger partial charge in [-0.15, -0.1) is 0 Å². The summed E-state index contributed by atoms with van der Waals surface area (Å²) in [6.45, 7) is 0. The zero-order valence-electron chi connectivity index (χ0n) is 13.7. The number of nitrogens with zero attached hydrogens (tertiary/aromatic N) is 1. The maximum absolute atomic E-state index is 11.4. The number of aliphatic hydroxyl groups is 2. The first-order valence-corrected chi connectivity index (χ1v) is 8.08. The predicted octanol–water partition coefficient (Wildman–Crippen LogP) is 2.44. The minimum absolute atomic E-state index is 0.0202. The van der Waals surface area contributed by atoms with Crippen LogP contribution in [0.5, 0.6) is 0 Å². The van der Waals surface area contributed by atoms with Crippen LogP contribution in [0.15, 0.2) is 36.5 Å². The second-order valence-corrected chi connectivity index (χ2v) is 6.08. The Labute approximate surface area is 133 Å². The van der Waals surface area contributed by atoms with Crippen molar-refractivity contribution >= 4 is 5.91 Å². The Balaban J connectivity index is 2.21. The summed E-state index contributed by atoms with van der Waals surface area (Å²) in [6.07, 6.45) is 15.2. The summed E-state index contributed by atoms with van der Waals surface area (Å²) in [4.78, 5) is 12.9. The van der Waals surface area contributed by atoms with Gasteiger partial charge in [-0.2, -0.15) is 0 Å². The highest BCUT2D eigenvalue weighted by atomic mass is 16.3. The number of carbonyl (C=O) groups is 1. The molecule has 22 heavy (non-hydrogen) atoms. The average Bonchev–Trinajstić information content (AvgIpc) is 3.02. The van der Waals surface area contributed by atoms with Gasteiger partial charge >= 0.3 is 0 Å². The van der Waals surface area contributed by atoms with Gasteiger partial charge in [-0.3, -0.25) is 4.79 Å². The van der Waals surface area contributed by atoms with Crippen LogP contribution in [-0.2, 0) is 4.79 Å². The first kappa shape index (κ1) is 18.7. The summed E-state index contributed by atoms with van der Waals surface area (Å²) < 4.78 is 0. The van der Waals surface area contributed by atoms with Gasteiger partial charge in [0.15, 0.2) is 0 Å². The van der Waals surface area contributed by atoms with Crippen molar-refractivity contribution in [1.82, 2.24) is 4.90 Å². The first-order chi connectivity index (χ1) is 10.5. The molecular weight excluding hydrogens is 278 g/mol. The lowest BCUT2D eigenvalue weighted by Gasteiger charge is -2.12. The van der Waals surface area contributed by atoms with Crippen molar-refractivity contribution in [1.29, 1.82) is 0 Å². The summed E-state index contributed by atoms with van der Waals surface area (Å²) in [6, 6.07) is 0. The Bertz CT molecular complexity index is 407. The molecule has 0 spiro atoms. The molecule has 1 amide bonds. The van der Waals surface area contributed by atoms with Crippen molar-refractivity contribution in [3.8, 4) is 0 Å². The molecule has 1 aliphatic carbocycles. The highest BCUT2D eigenvalue weighted by molar-refractivity contribution is 5.75. The topological polar surface area (TPSA) is 60.8 Å². The maximum atomic E-state index is 11.4. The molecule has 0 aliphatic heterocycles. The van der Waals surface area contributed by atoms with Gasteiger partial charge in [-0.05, 0) is 25.2 Å². The highest BCUT2D eigenvalue weighted by Crippen LogP contribution is 2.28. The van der Waals surface area contributed by atoms with E-state index in [2.05, 4.69) is 0 Å². The zero-order valence-corrected chi connectivity index (χ0v) is 13.7. The molecular formula is C18H29NO3. The van der Waals surface area contributed by atoms with Gasteiger partial charge in [0, 0.05) is 20.5 Å². The van der Waals surface area contributed by atoms with E-state index >= 15 is 0 Å². The van der Waals surface area contributed by atoms with Gasteiger partial charge < -0.3 is 15.1 Å². The van der Waals surface area contributed by atoms with Crippen LogP contribution in [0, 0.1) is 5.92 Å². The van der Waals surface area contributed by atoms with E-state index in [4.69, 9.17) is 0 Å². The molecule has 1 fully saturated rings. The average molecular weight is 307 g/mol. The van der Waals surface area contributed by atoms with Gasteiger partial charge in [0.1, 0.15) is 0 Å². The highest BCUT2D eigenvalue weighted by Gasteiger charge is 2.20. The molecule has 0 bridgehead atoms. The van der Waals surface area contributed by atoms with Crippen LogP contribution in [0.1, 0.15) is 38.5 Å². The molecule has 124 valence electrons. The minimum Gasteiger partial charge on any atom is -0.389 e. The molecule has 0 aromatic rings. The van der Waals surface area contributed by atoms with Crippen LogP contribution < -0.4 is 0 Å². The monoisotopic (exact) mass is 307 g/mol. The van der Waals surface area contributed by atoms with Crippen molar-refractivity contribution in [2.45, 2.75) is 50.7 Å². The molecule has 4 nitrogen and oxygen atoms in total. The van der Waals surface area contributed by atoms with Gasteiger partial charge in [0.25, 0.3) is 0 Å². The fourth-order valence-corrected chi connectivity index (χ4v) is 2.55. The molecule has 0 aromatic heterocycles. The van der Waals surface area contributed by atoms with Gasteiger partial charge in [0.2, 0.25) is 5.91 Å². The zero-order chi connectivity index (χ0) is 16.4. The third-order valence-corrected chi connectivity index (χ3v) is 4.01. The second kappa shape index (κ2) is 10.4. The second-order valence-electron chi connectivity index (χ2n) is 6.08. The molecule has 0 heterocycles. The standard InChI is InChI=1S/C18H29NO3/c1-19(2)18(22)14-13-16(20)11-5-3-4-6-12-17(21)15-9-7-8-10-15/h3-6,11-12,15-17,20-21H,7-10,13-14H2,1-2H3/b4-3+,11-5+,12-6+. The summed E-state index contributed by atoms with van der Waals surface area (Å²) in [5, 5.41) is 19.7. The van der Waals surface area contributed by atoms with Crippen LogP contribution in [0.25, 0.3) is 0 Å². The van der Waals surface area contributed by atoms with Crippen molar-refractivity contribution in [3.05, 3.63) is 36.5 Å². The normalized spacial score (nSPS) is 19.5. The fourth-order valence-electron chi connectivity index (χ4n) is 2.55. The van der Waals surface area contributed by atoms with E-state index < -0.39 is 6.10 Å². The van der Waals surface area contributed by atoms with Crippen molar-refractivity contribution in [2.24, 2.45) is 5.92 Å². The molecule has 2 N–H and O–H groups in total. The number of aliphatic hydroxyl groups excluding tert-OH is 2. The van der Waals surface area contributed by atoms with E-state index in [9.17, 15) is 15.0 Å². The number of amides is 1. The summed E-state index contributed by atoms with van der Waals surface area (Å²) in [7, 11) is 3.42. The summed E-state index contributed by atoms with van der Waals surface area (Å²) >= 11 is 0. The minimum atomic E-state index is -0.610. The van der Waals surface area contributed by atoms with Crippen molar-refractivity contribution in [3.63, 3.8) is 0 Å². The Morgan fingerprint density at radius 1 is 1.09 bits per heavy atom. The van der Waals surface area contributed by atoms with E-state index in [1.807, 2.05) is 24.3 Å². The lowest BCUT2D eigenvalue weighted by Crippen LogP contribution is -2.22. The third-order valence-electron chi connectivity index (χ3n) is 4.01. The van der Waals surface area contributed by atoms with Gasteiger partial charge in [-0.25, -0.2) is 0 Å². The lowest BCUT2D eigenvalue weighted by molar-refractivity contribution is -0.129. The summed E-state index contributed by atoms with van der Waals surface area (Å²) in [5.41, 5.74) is 0. The molecule has 1 aliphatic rings. The Hall–Kier alpha value is -1.39. The number of hydrogen-bond acceptors (Lipinski definition) is 3. The van der Waals surface area contributed by atoms with Crippen LogP contribution in [0.2, 0.25) is 0 Å². The largest absolute Gasteiger partial charge is 0.389 e. The van der Waals surface area contributed by atoms with E-state index in [0.29, 0.717) is 18.8 Å². The molecule has 1 saturated carbocycles. The quantitative estimate of drug-likeness (QED) is 0.677. The molecule has 4 heteroatoms. The Morgan fingerprint density at radius 2 is 1.68 bits per heavy atom. The number of rotatable bonds is 8. The Morgan fingerprint density at radius 3 is 2.27 bits per heavy atom. The van der Waals surface area contributed by atoms with E-state index in [0.717, 1.165) is 12.8 Å². The fraction of sp³-hybridized carbons (Fsp3) is 0.611. The van der Waals surface area contributed by atoms with Gasteiger partial charge in [-0.1, -0.05) is 49.3 Å². The van der Waals surface area contributed by atoms with E-state index in [1.54, 1.807) is 26.2 Å². The molecule has 1 rings (SSSR count). The van der Waals surface area contributed by atoms with Crippen LogP contribution in [-0.4, -0.2) is 47.3 Å². The van der Waals surface area contributed by atoms with Gasteiger partial charge in [0.05, 0.1) is 12.2 Å². The predicted molar refractivity (Wildman–Crippen MR) is 89.3 cm³/mol. The number of hydrogen-bond donors (Lipinski definition) is 2. The van der Waals surface area contributed by atoms with Crippen molar-refractivity contribution in [2.75, 3.05) is 14.1 Å². The van der Waals surface area contributed by atoms with Crippen LogP contribution in [0.3, 0.4) is 0 Å². The number of allylic oxidation sites excluding steroid dienone is 4. The molecule has 0 radical (unpaired) electrons. The third kappa shape index (κ3) is 7.57. The SMILES string of the molecule is CN(C)C(=O)CCC(O)/C=C/C=C/C=C/C(O)C1CCCC1. The smallest absolute Gasteiger partial charge is 0.222 e. The molecule has 2 atom stereocenters. The molecule has 0 aromatic carbocycles. The maximum Gasteiger partial charge on any atom is 0.222 e. The molecule has 0 saturated heterocycles. The lowest BCUT2D eigenvalue weighted by atomic mass is 10.0. The van der Waals surface area contributed by atoms with E-state index in [1.165, 1.54) is 17.7 Å². The van der Waals surface area contributed by atoms with Crippen LogP contribution in [0.4, 0.5) is 0 Å².